The number of hydrogen-bond acceptors (Lipinski definition) is 11. The number of halogens is 1. The number of rotatable bonds is 10. The van der Waals surface area contributed by atoms with Gasteiger partial charge in [0, 0.05) is 66.0 Å². The van der Waals surface area contributed by atoms with Gasteiger partial charge in [-0.25, -0.2) is 19.3 Å². The standard InChI is InChI=1S/C38H39IN10O4/c1-2-17-48-36(52)29-22-40-37(45-34(29)49(48)31-13-3-24-15-16-38(53,23-39)33(24)43-31)42-26-6-10-28(11-7-26)47-20-18-46(19-21-47)27-8-4-25(5-9-27)41-30-12-14-32(50)44-35(30)51/h2-11,13,22,30,41,53H,1,12,14-21,23H2,(H,40,42,45)(H,44,50,51)/t30?,38-/m0/s1. The van der Waals surface area contributed by atoms with Crippen LogP contribution in [0.5, 0.6) is 0 Å². The van der Waals surface area contributed by atoms with Gasteiger partial charge in [-0.05, 0) is 79.4 Å². The summed E-state index contributed by atoms with van der Waals surface area (Å²) in [7, 11) is 0. The number of aryl methyl sites for hydroxylation is 1. The molecule has 0 spiro atoms. The number of nitrogens with zero attached hydrogens (tertiary/aromatic N) is 7. The summed E-state index contributed by atoms with van der Waals surface area (Å²) in [6, 6.07) is 19.6. The van der Waals surface area contributed by atoms with Crippen molar-refractivity contribution in [1.29, 1.82) is 0 Å². The van der Waals surface area contributed by atoms with Gasteiger partial charge in [-0.3, -0.25) is 19.7 Å². The Hall–Kier alpha value is -5.29. The van der Waals surface area contributed by atoms with Crippen molar-refractivity contribution in [3.8, 4) is 5.82 Å². The molecule has 15 heteroatoms. The lowest BCUT2D eigenvalue weighted by molar-refractivity contribution is -0.133. The zero-order valence-corrected chi connectivity index (χ0v) is 31.1. The lowest BCUT2D eigenvalue weighted by Gasteiger charge is -2.37. The van der Waals surface area contributed by atoms with Crippen LogP contribution in [0.2, 0.25) is 0 Å². The molecule has 1 unspecified atom stereocenters. The summed E-state index contributed by atoms with van der Waals surface area (Å²) in [4.78, 5) is 55.9. The molecule has 5 aromatic rings. The van der Waals surface area contributed by atoms with Crippen LogP contribution in [0.15, 0.2) is 84.3 Å². The molecule has 3 aromatic heterocycles. The van der Waals surface area contributed by atoms with E-state index in [1.165, 1.54) is 10.9 Å². The van der Waals surface area contributed by atoms with E-state index in [4.69, 9.17) is 9.97 Å². The summed E-state index contributed by atoms with van der Waals surface area (Å²) in [5.41, 5.74) is 4.70. The number of carbonyl (C=O) groups is 2. The summed E-state index contributed by atoms with van der Waals surface area (Å²) in [5, 5.41) is 20.5. The van der Waals surface area contributed by atoms with E-state index in [0.717, 1.165) is 60.9 Å². The van der Waals surface area contributed by atoms with Gasteiger partial charge in [0.15, 0.2) is 11.5 Å². The molecule has 2 aromatic carbocycles. The van der Waals surface area contributed by atoms with Crippen molar-refractivity contribution in [2.45, 2.75) is 43.9 Å². The number of anilines is 5. The Kier molecular flexibility index (Phi) is 9.36. The van der Waals surface area contributed by atoms with Crippen molar-refractivity contribution in [1.82, 2.24) is 29.6 Å². The number of fused-ring (bicyclic) bond motifs is 2. The molecule has 2 aliphatic heterocycles. The molecule has 2 amide bonds. The van der Waals surface area contributed by atoms with Crippen LogP contribution in [-0.2, 0) is 28.2 Å². The number of pyridine rings is 1. The summed E-state index contributed by atoms with van der Waals surface area (Å²) in [6.45, 7) is 7.52. The fourth-order valence-corrected chi connectivity index (χ4v) is 8.05. The molecule has 2 fully saturated rings. The number of aromatic nitrogens is 5. The number of alkyl halides is 1. The van der Waals surface area contributed by atoms with Gasteiger partial charge in [-0.1, -0.05) is 34.7 Å². The monoisotopic (exact) mass is 826 g/mol. The number of carbonyl (C=O) groups excluding carboxylic acids is 2. The molecule has 3 aliphatic rings. The van der Waals surface area contributed by atoms with E-state index in [0.29, 0.717) is 52.2 Å². The van der Waals surface area contributed by atoms with E-state index in [1.54, 1.807) is 10.8 Å². The minimum absolute atomic E-state index is 0.222. The van der Waals surface area contributed by atoms with Crippen molar-refractivity contribution in [3.63, 3.8) is 0 Å². The van der Waals surface area contributed by atoms with Crippen LogP contribution in [0, 0.1) is 0 Å². The van der Waals surface area contributed by atoms with Crippen molar-refractivity contribution >= 4 is 74.1 Å². The average molecular weight is 827 g/mol. The topological polar surface area (TPSA) is 163 Å². The van der Waals surface area contributed by atoms with E-state index in [9.17, 15) is 19.5 Å². The van der Waals surface area contributed by atoms with Crippen LogP contribution in [0.1, 0.15) is 30.5 Å². The van der Waals surface area contributed by atoms with Crippen LogP contribution < -0.4 is 31.3 Å². The van der Waals surface area contributed by atoms with Gasteiger partial charge < -0.3 is 25.5 Å². The van der Waals surface area contributed by atoms with Crippen molar-refractivity contribution in [2.24, 2.45) is 0 Å². The van der Waals surface area contributed by atoms with Crippen LogP contribution >= 0.6 is 22.6 Å². The Bertz CT molecular complexity index is 2260. The molecule has 2 atom stereocenters. The highest BCUT2D eigenvalue weighted by Gasteiger charge is 2.38. The maximum atomic E-state index is 13.5. The molecule has 4 N–H and O–H groups in total. The van der Waals surface area contributed by atoms with Crippen LogP contribution in [-0.4, -0.2) is 77.9 Å². The number of imide groups is 1. The zero-order chi connectivity index (χ0) is 36.7. The molecule has 0 radical (unpaired) electrons. The third-order valence-electron chi connectivity index (χ3n) is 10.2. The lowest BCUT2D eigenvalue weighted by atomic mass is 10.0. The summed E-state index contributed by atoms with van der Waals surface area (Å²) in [5.74, 6) is 0.334. The third kappa shape index (κ3) is 6.74. The Balaban J connectivity index is 0.940. The number of piperazine rings is 1. The fourth-order valence-electron chi connectivity index (χ4n) is 7.31. The van der Waals surface area contributed by atoms with Gasteiger partial charge in [0.2, 0.25) is 17.8 Å². The van der Waals surface area contributed by atoms with Crippen molar-refractivity contribution in [2.75, 3.05) is 51.0 Å². The number of allylic oxidation sites excluding steroid dienone is 1. The first-order chi connectivity index (χ1) is 25.7. The molecule has 0 bridgehead atoms. The number of hydrogen-bond donors (Lipinski definition) is 4. The molecule has 272 valence electrons. The second-order valence-corrected chi connectivity index (χ2v) is 14.4. The van der Waals surface area contributed by atoms with Gasteiger partial charge in [-0.15, -0.1) is 6.58 Å². The minimum Gasteiger partial charge on any atom is -0.383 e. The number of nitrogens with one attached hydrogen (secondary N) is 3. The highest BCUT2D eigenvalue weighted by Crippen LogP contribution is 2.37. The SMILES string of the molecule is C=CCn1c(=O)c2cnc(Nc3ccc(N4CCN(c5ccc(NC6CCC(=O)NC6=O)cc5)CC4)cc3)nc2n1-c1ccc2c(n1)[C@@](O)(CI)CC2. The molecule has 14 nitrogen and oxygen atoms in total. The smallest absolute Gasteiger partial charge is 0.278 e. The summed E-state index contributed by atoms with van der Waals surface area (Å²) < 4.78 is 3.75. The highest BCUT2D eigenvalue weighted by atomic mass is 127. The Morgan fingerprint density at radius 3 is 2.25 bits per heavy atom. The fraction of sp³-hybridized carbons (Fsp3) is 0.316. The normalized spacial score (nSPS) is 20.0. The Morgan fingerprint density at radius 1 is 0.925 bits per heavy atom. The number of aliphatic hydroxyl groups is 1. The molecule has 0 saturated carbocycles. The van der Waals surface area contributed by atoms with E-state index in [-0.39, 0.29) is 23.9 Å². The summed E-state index contributed by atoms with van der Waals surface area (Å²) in [6.07, 6.45) is 5.39. The highest BCUT2D eigenvalue weighted by molar-refractivity contribution is 14.1. The third-order valence-corrected chi connectivity index (χ3v) is 11.5. The van der Waals surface area contributed by atoms with Crippen molar-refractivity contribution in [3.05, 3.63) is 101 Å². The molecule has 1 aliphatic carbocycles. The molecular formula is C38H39IN10O4. The van der Waals surface area contributed by atoms with Crippen LogP contribution in [0.4, 0.5) is 28.7 Å². The predicted molar refractivity (Wildman–Crippen MR) is 213 cm³/mol. The average Bonchev–Trinajstić information content (AvgIpc) is 3.66. The first-order valence-corrected chi connectivity index (χ1v) is 19.2. The van der Waals surface area contributed by atoms with Gasteiger partial charge >= 0.3 is 0 Å². The predicted octanol–water partition coefficient (Wildman–Crippen LogP) is 4.02. The maximum Gasteiger partial charge on any atom is 0.278 e. The van der Waals surface area contributed by atoms with Gasteiger partial charge in [0.25, 0.3) is 5.56 Å². The summed E-state index contributed by atoms with van der Waals surface area (Å²) >= 11 is 2.19. The Morgan fingerprint density at radius 2 is 1.60 bits per heavy atom. The van der Waals surface area contributed by atoms with Gasteiger partial charge in [0.1, 0.15) is 17.0 Å². The van der Waals surface area contributed by atoms with E-state index < -0.39 is 11.6 Å². The first-order valence-electron chi connectivity index (χ1n) is 17.7. The zero-order valence-electron chi connectivity index (χ0n) is 29.0. The largest absolute Gasteiger partial charge is 0.383 e. The Labute approximate surface area is 319 Å². The number of amides is 2. The quantitative estimate of drug-likeness (QED) is 0.0697. The van der Waals surface area contributed by atoms with Crippen LogP contribution in [0.3, 0.4) is 0 Å². The molecule has 2 saturated heterocycles. The van der Waals surface area contributed by atoms with Gasteiger partial charge in [0.05, 0.1) is 12.2 Å². The molecular weight excluding hydrogens is 787 g/mol. The number of benzene rings is 2. The van der Waals surface area contributed by atoms with Gasteiger partial charge in [-0.2, -0.15) is 4.98 Å². The molecule has 8 rings (SSSR count). The molecule has 5 heterocycles. The number of piperidine rings is 1. The van der Waals surface area contributed by atoms with Crippen LogP contribution in [0.25, 0.3) is 16.9 Å². The van der Waals surface area contributed by atoms with Crippen molar-refractivity contribution < 1.29 is 14.7 Å². The van der Waals surface area contributed by atoms with E-state index in [2.05, 4.69) is 84.2 Å². The second-order valence-electron chi connectivity index (χ2n) is 13.6. The maximum absolute atomic E-state index is 13.5. The lowest BCUT2D eigenvalue weighted by Crippen LogP contribution is -2.47. The second kappa shape index (κ2) is 14.3. The van der Waals surface area contributed by atoms with E-state index >= 15 is 0 Å². The molecule has 53 heavy (non-hydrogen) atoms. The van der Waals surface area contributed by atoms with E-state index in [1.807, 2.05) is 36.4 Å². The minimum atomic E-state index is -1.01. The first kappa shape index (κ1) is 34.8.